The van der Waals surface area contributed by atoms with E-state index >= 15 is 0 Å². The molecule has 1 aromatic heterocycles. The van der Waals surface area contributed by atoms with E-state index < -0.39 is 0 Å². The molecule has 0 fully saturated rings. The first kappa shape index (κ1) is 18.9. The van der Waals surface area contributed by atoms with E-state index in [1.807, 2.05) is 18.2 Å². The first-order chi connectivity index (χ1) is 13.7. The summed E-state index contributed by atoms with van der Waals surface area (Å²) in [5.74, 6) is 1.73. The maximum Gasteiger partial charge on any atom is 0.279 e. The molecule has 3 rings (SSSR count). The standard InChI is InChI=1S/C19H19N5O4/c1-26-14-10-16(28-3)15(27-2)9-13(14)11-20-23-19-21-18(25)17(22-24-19)12-7-5-4-6-8-12/h4-11H,1-3H3,(H2,21,23,24,25)/b20-11+. The van der Waals surface area contributed by atoms with E-state index in [0.29, 0.717) is 28.4 Å². The van der Waals surface area contributed by atoms with Crippen molar-refractivity contribution in [1.82, 2.24) is 15.2 Å². The highest BCUT2D eigenvalue weighted by Gasteiger charge is 2.11. The van der Waals surface area contributed by atoms with Crippen molar-refractivity contribution in [2.24, 2.45) is 5.10 Å². The Labute approximate surface area is 161 Å². The van der Waals surface area contributed by atoms with Gasteiger partial charge < -0.3 is 14.2 Å². The van der Waals surface area contributed by atoms with Crippen molar-refractivity contribution in [2.75, 3.05) is 26.8 Å². The Balaban J connectivity index is 1.80. The highest BCUT2D eigenvalue weighted by molar-refractivity contribution is 5.85. The molecule has 0 saturated heterocycles. The molecule has 0 spiro atoms. The molecule has 0 unspecified atom stereocenters. The highest BCUT2D eigenvalue weighted by Crippen LogP contribution is 2.33. The van der Waals surface area contributed by atoms with Gasteiger partial charge in [-0.25, -0.2) is 5.43 Å². The van der Waals surface area contributed by atoms with Crippen LogP contribution >= 0.6 is 0 Å². The Morgan fingerprint density at radius 3 is 2.29 bits per heavy atom. The lowest BCUT2D eigenvalue weighted by molar-refractivity contribution is 0.349. The van der Waals surface area contributed by atoms with Crippen molar-refractivity contribution in [1.29, 1.82) is 0 Å². The number of benzene rings is 2. The van der Waals surface area contributed by atoms with E-state index in [4.69, 9.17) is 14.2 Å². The van der Waals surface area contributed by atoms with Crippen molar-refractivity contribution in [2.45, 2.75) is 0 Å². The zero-order valence-electron chi connectivity index (χ0n) is 15.6. The number of hydrogen-bond acceptors (Lipinski definition) is 8. The van der Waals surface area contributed by atoms with Gasteiger partial charge >= 0.3 is 0 Å². The molecule has 0 atom stereocenters. The quantitative estimate of drug-likeness (QED) is 0.477. The Morgan fingerprint density at radius 2 is 1.64 bits per heavy atom. The molecule has 1 heterocycles. The molecule has 0 bridgehead atoms. The van der Waals surface area contributed by atoms with Gasteiger partial charge in [0.05, 0.1) is 27.5 Å². The molecule has 0 aliphatic carbocycles. The SMILES string of the molecule is COc1cc(OC)c(OC)cc1/C=N/Nc1nnc(-c2ccccc2)c(=O)[nH]1. The average molecular weight is 381 g/mol. The molecule has 0 saturated carbocycles. The van der Waals surface area contributed by atoms with Crippen LogP contribution in [0.1, 0.15) is 5.56 Å². The maximum atomic E-state index is 12.2. The van der Waals surface area contributed by atoms with Gasteiger partial charge in [0.1, 0.15) is 5.75 Å². The number of hydrazone groups is 1. The number of ether oxygens (including phenoxy) is 3. The second kappa shape index (κ2) is 8.67. The fraction of sp³-hybridized carbons (Fsp3) is 0.158. The molecule has 3 aromatic rings. The molecule has 0 aliphatic heterocycles. The minimum atomic E-state index is -0.373. The molecular weight excluding hydrogens is 362 g/mol. The number of anilines is 1. The third-order valence-corrected chi connectivity index (χ3v) is 3.85. The van der Waals surface area contributed by atoms with Gasteiger partial charge in [-0.3, -0.25) is 9.78 Å². The minimum Gasteiger partial charge on any atom is -0.496 e. The average Bonchev–Trinajstić information content (AvgIpc) is 2.74. The molecule has 28 heavy (non-hydrogen) atoms. The number of aromatic nitrogens is 3. The van der Waals surface area contributed by atoms with E-state index in [1.165, 1.54) is 20.4 Å². The van der Waals surface area contributed by atoms with Crippen LogP contribution in [0.15, 0.2) is 52.4 Å². The summed E-state index contributed by atoms with van der Waals surface area (Å²) in [5.41, 5.74) is 3.83. The summed E-state index contributed by atoms with van der Waals surface area (Å²) in [4.78, 5) is 14.8. The first-order valence-electron chi connectivity index (χ1n) is 8.27. The summed E-state index contributed by atoms with van der Waals surface area (Å²) >= 11 is 0. The number of H-pyrrole nitrogens is 1. The normalized spacial score (nSPS) is 10.7. The number of methoxy groups -OCH3 is 3. The molecule has 144 valence electrons. The van der Waals surface area contributed by atoms with Crippen LogP contribution in [0, 0.1) is 0 Å². The van der Waals surface area contributed by atoms with Gasteiger partial charge in [0.15, 0.2) is 17.2 Å². The Hall–Kier alpha value is -3.88. The van der Waals surface area contributed by atoms with Crippen LogP contribution in [-0.2, 0) is 0 Å². The van der Waals surface area contributed by atoms with Gasteiger partial charge in [0.25, 0.3) is 5.56 Å². The van der Waals surface area contributed by atoms with Crippen LogP contribution in [0.4, 0.5) is 5.95 Å². The topological polar surface area (TPSA) is 111 Å². The number of rotatable bonds is 7. The van der Waals surface area contributed by atoms with Crippen molar-refractivity contribution in [3.63, 3.8) is 0 Å². The summed E-state index contributed by atoms with van der Waals surface area (Å²) in [5, 5.41) is 12.0. The summed E-state index contributed by atoms with van der Waals surface area (Å²) in [7, 11) is 4.62. The molecule has 0 amide bonds. The van der Waals surface area contributed by atoms with E-state index in [9.17, 15) is 4.79 Å². The van der Waals surface area contributed by atoms with Crippen LogP contribution in [0.3, 0.4) is 0 Å². The first-order valence-corrected chi connectivity index (χ1v) is 8.27. The largest absolute Gasteiger partial charge is 0.496 e. The van der Waals surface area contributed by atoms with E-state index in [2.05, 4.69) is 25.7 Å². The van der Waals surface area contributed by atoms with Crippen molar-refractivity contribution in [3.05, 3.63) is 58.4 Å². The van der Waals surface area contributed by atoms with E-state index in [-0.39, 0.29) is 17.2 Å². The number of nitrogens with one attached hydrogen (secondary N) is 2. The molecule has 9 heteroatoms. The lowest BCUT2D eigenvalue weighted by atomic mass is 10.2. The summed E-state index contributed by atoms with van der Waals surface area (Å²) in [6.45, 7) is 0. The van der Waals surface area contributed by atoms with Crippen LogP contribution < -0.4 is 25.2 Å². The second-order valence-electron chi connectivity index (χ2n) is 5.54. The minimum absolute atomic E-state index is 0.111. The summed E-state index contributed by atoms with van der Waals surface area (Å²) in [6, 6.07) is 12.5. The van der Waals surface area contributed by atoms with Crippen LogP contribution in [0.25, 0.3) is 11.3 Å². The second-order valence-corrected chi connectivity index (χ2v) is 5.54. The Kier molecular flexibility index (Phi) is 5.85. The van der Waals surface area contributed by atoms with Gasteiger partial charge in [0, 0.05) is 17.2 Å². The molecule has 0 radical (unpaired) electrons. The lowest BCUT2D eigenvalue weighted by Crippen LogP contribution is -2.15. The van der Waals surface area contributed by atoms with Gasteiger partial charge in [-0.1, -0.05) is 30.3 Å². The predicted octanol–water partition coefficient (Wildman–Crippen LogP) is 2.30. The summed E-state index contributed by atoms with van der Waals surface area (Å²) in [6.07, 6.45) is 1.51. The maximum absolute atomic E-state index is 12.2. The van der Waals surface area contributed by atoms with E-state index in [0.717, 1.165) is 0 Å². The van der Waals surface area contributed by atoms with Crippen LogP contribution in [-0.4, -0.2) is 42.7 Å². The van der Waals surface area contributed by atoms with Gasteiger partial charge in [0.2, 0.25) is 5.95 Å². The van der Waals surface area contributed by atoms with Crippen LogP contribution in [0.5, 0.6) is 17.2 Å². The molecule has 9 nitrogen and oxygen atoms in total. The number of nitrogens with zero attached hydrogens (tertiary/aromatic N) is 3. The fourth-order valence-corrected chi connectivity index (χ4v) is 2.49. The van der Waals surface area contributed by atoms with Gasteiger partial charge in [-0.15, -0.1) is 10.2 Å². The molecule has 0 aliphatic rings. The van der Waals surface area contributed by atoms with Crippen molar-refractivity contribution >= 4 is 12.2 Å². The van der Waals surface area contributed by atoms with Crippen molar-refractivity contribution in [3.8, 4) is 28.5 Å². The zero-order chi connectivity index (χ0) is 19.9. The predicted molar refractivity (Wildman–Crippen MR) is 105 cm³/mol. The van der Waals surface area contributed by atoms with Gasteiger partial charge in [-0.2, -0.15) is 5.10 Å². The Morgan fingerprint density at radius 1 is 0.964 bits per heavy atom. The summed E-state index contributed by atoms with van der Waals surface area (Å²) < 4.78 is 15.9. The van der Waals surface area contributed by atoms with E-state index in [1.54, 1.807) is 31.4 Å². The monoisotopic (exact) mass is 381 g/mol. The molecular formula is C19H19N5O4. The van der Waals surface area contributed by atoms with Gasteiger partial charge in [-0.05, 0) is 6.07 Å². The molecule has 2 aromatic carbocycles. The highest BCUT2D eigenvalue weighted by atomic mass is 16.5. The smallest absolute Gasteiger partial charge is 0.279 e. The third-order valence-electron chi connectivity index (χ3n) is 3.85. The zero-order valence-corrected chi connectivity index (χ0v) is 15.6. The Bertz CT molecular complexity index is 1030. The third kappa shape index (κ3) is 4.09. The van der Waals surface area contributed by atoms with Crippen LogP contribution in [0.2, 0.25) is 0 Å². The van der Waals surface area contributed by atoms with Crippen molar-refractivity contribution < 1.29 is 14.2 Å². The number of hydrogen-bond donors (Lipinski definition) is 2. The number of aromatic amines is 1. The molecule has 2 N–H and O–H groups in total. The lowest BCUT2D eigenvalue weighted by Gasteiger charge is -2.11. The fourth-order valence-electron chi connectivity index (χ4n) is 2.49.